The van der Waals surface area contributed by atoms with Crippen LogP contribution in [0.5, 0.6) is 0 Å². The molecule has 0 spiro atoms. The molecule has 0 fully saturated rings. The van der Waals surface area contributed by atoms with Crippen molar-refractivity contribution >= 4 is 65.2 Å². The molecule has 8 rings (SSSR count). The Labute approximate surface area is 257 Å². The van der Waals surface area contributed by atoms with E-state index >= 15 is 0 Å². The second kappa shape index (κ2) is 10.2. The third kappa shape index (κ3) is 4.12. The molecule has 6 aromatic rings. The lowest BCUT2D eigenvalue weighted by atomic mass is 9.95. The molecule has 0 amide bonds. The Morgan fingerprint density at radius 3 is 1.79 bits per heavy atom. The number of anilines is 3. The van der Waals surface area contributed by atoms with E-state index in [2.05, 4.69) is 116 Å². The fourth-order valence-corrected chi connectivity index (χ4v) is 6.37. The van der Waals surface area contributed by atoms with Crippen molar-refractivity contribution in [2.45, 2.75) is 0 Å². The van der Waals surface area contributed by atoms with Crippen LogP contribution in [0.1, 0.15) is 22.5 Å². The van der Waals surface area contributed by atoms with Gasteiger partial charge in [0.15, 0.2) is 0 Å². The Bertz CT molecular complexity index is 2070. The molecule has 0 atom stereocenters. The molecule has 3 heterocycles. The molecule has 0 unspecified atom stereocenters. The number of fused-ring (bicyclic) bond motifs is 5. The molecule has 2 aromatic heterocycles. The van der Waals surface area contributed by atoms with E-state index in [0.29, 0.717) is 39.9 Å². The third-order valence-corrected chi connectivity index (χ3v) is 8.38. The van der Waals surface area contributed by atoms with Gasteiger partial charge in [-0.1, -0.05) is 91.0 Å². The number of para-hydroxylation sites is 2. The normalized spacial score (nSPS) is 14.1. The van der Waals surface area contributed by atoms with E-state index in [4.69, 9.17) is 15.4 Å². The van der Waals surface area contributed by atoms with Crippen molar-refractivity contribution in [1.29, 1.82) is 5.41 Å². The molecule has 0 radical (unpaired) electrons. The maximum Gasteiger partial charge on any atom is 0.135 e. The summed E-state index contributed by atoms with van der Waals surface area (Å²) in [6, 6.07) is 35.2. The van der Waals surface area contributed by atoms with Crippen LogP contribution in [0.2, 0.25) is 0 Å². The first kappa shape index (κ1) is 25.5. The Morgan fingerprint density at radius 2 is 1.14 bits per heavy atom. The predicted molar refractivity (Wildman–Crippen MR) is 178 cm³/mol. The van der Waals surface area contributed by atoms with Gasteiger partial charge in [0.1, 0.15) is 34.2 Å². The van der Waals surface area contributed by atoms with Crippen molar-refractivity contribution in [2.75, 3.05) is 4.90 Å². The van der Waals surface area contributed by atoms with Crippen molar-refractivity contribution < 1.29 is 0 Å². The highest BCUT2D eigenvalue weighted by atomic mass is 32.1. The summed E-state index contributed by atoms with van der Waals surface area (Å²) in [6.45, 7) is 0. The Balaban J connectivity index is 1.31. The Kier molecular flexibility index (Phi) is 6.06. The average Bonchev–Trinajstić information content (AvgIpc) is 3.50. The van der Waals surface area contributed by atoms with E-state index in [1.165, 1.54) is 0 Å². The van der Waals surface area contributed by atoms with Crippen LogP contribution in [-0.2, 0) is 0 Å². The summed E-state index contributed by atoms with van der Waals surface area (Å²) in [5, 5.41) is 8.69. The molecular formula is C34H21N7S2. The maximum atomic E-state index is 8.69. The summed E-state index contributed by atoms with van der Waals surface area (Å²) in [7, 11) is 0. The molecule has 204 valence electrons. The number of aromatic nitrogens is 4. The quantitative estimate of drug-likeness (QED) is 0.202. The third-order valence-electron chi connectivity index (χ3n) is 7.65. The first-order chi connectivity index (χ1) is 21.2. The van der Waals surface area contributed by atoms with E-state index < -0.39 is 0 Å². The van der Waals surface area contributed by atoms with Crippen molar-refractivity contribution in [1.82, 2.24) is 18.7 Å². The van der Waals surface area contributed by atoms with Crippen molar-refractivity contribution in [3.63, 3.8) is 0 Å². The summed E-state index contributed by atoms with van der Waals surface area (Å²) in [4.78, 5) is 12.5. The Morgan fingerprint density at radius 1 is 0.581 bits per heavy atom. The van der Waals surface area contributed by atoms with Crippen LogP contribution in [0, 0.1) is 5.41 Å². The number of rotatable bonds is 3. The minimum absolute atomic E-state index is 0.140. The predicted octanol–water partition coefficient (Wildman–Crippen LogP) is 8.30. The van der Waals surface area contributed by atoms with E-state index in [1.54, 1.807) is 0 Å². The fourth-order valence-electron chi connectivity index (χ4n) is 5.62. The molecule has 0 bridgehead atoms. The number of hydrogen-bond acceptors (Lipinski definition) is 9. The number of nitrogens with zero attached hydrogens (tertiary/aromatic N) is 6. The van der Waals surface area contributed by atoms with E-state index in [0.717, 1.165) is 51.0 Å². The first-order valence-electron chi connectivity index (χ1n) is 13.6. The molecule has 1 aliphatic carbocycles. The van der Waals surface area contributed by atoms with Gasteiger partial charge in [-0.15, -0.1) is 0 Å². The van der Waals surface area contributed by atoms with Crippen molar-refractivity contribution in [2.24, 2.45) is 4.40 Å². The summed E-state index contributed by atoms with van der Waals surface area (Å²) >= 11 is 5.23. The summed E-state index contributed by atoms with van der Waals surface area (Å²) < 4.78 is 12.9. The monoisotopic (exact) mass is 591 g/mol. The lowest BCUT2D eigenvalue weighted by molar-refractivity contribution is 1.17. The number of hydrogen-bond donors (Lipinski definition) is 2. The molecule has 43 heavy (non-hydrogen) atoms. The zero-order valence-corrected chi connectivity index (χ0v) is 24.2. The highest BCUT2D eigenvalue weighted by Gasteiger charge is 2.34. The van der Waals surface area contributed by atoms with Gasteiger partial charge in [0.25, 0.3) is 0 Å². The molecule has 0 saturated heterocycles. The number of nitrogens with one attached hydrogen (secondary N) is 1. The molecule has 0 saturated carbocycles. The van der Waals surface area contributed by atoms with Crippen molar-refractivity contribution in [3.8, 4) is 33.9 Å². The Hall–Kier alpha value is -5.25. The maximum absolute atomic E-state index is 8.69. The molecule has 1 aliphatic heterocycles. The largest absolute Gasteiger partial charge is 0.309 e. The molecule has 1 N–H and O–H groups in total. The highest BCUT2D eigenvalue weighted by molar-refractivity contribution is 7.79. The lowest BCUT2D eigenvalue weighted by Crippen LogP contribution is -2.25. The minimum Gasteiger partial charge on any atom is -0.309 e. The van der Waals surface area contributed by atoms with Crippen molar-refractivity contribution in [3.05, 3.63) is 126 Å². The summed E-state index contributed by atoms with van der Waals surface area (Å²) in [5.41, 5.74) is 11.2. The van der Waals surface area contributed by atoms with Crippen LogP contribution < -0.4 is 4.90 Å². The molecule has 4 aromatic carbocycles. The SMILES string of the molecule is N=C1/C(=N\S)c2nc(-c3ccc(N4c5ccccc5C=Cc5ccccc54)cc3)c(-c3ccccc3)nc2-c2nsnc21. The van der Waals surface area contributed by atoms with Gasteiger partial charge >= 0.3 is 0 Å². The van der Waals surface area contributed by atoms with Crippen LogP contribution in [0.25, 0.3) is 46.1 Å². The van der Waals surface area contributed by atoms with Gasteiger partial charge in [-0.25, -0.2) is 14.4 Å². The average molecular weight is 592 g/mol. The zero-order valence-electron chi connectivity index (χ0n) is 22.5. The van der Waals surface area contributed by atoms with Gasteiger partial charge in [0, 0.05) is 16.8 Å². The van der Waals surface area contributed by atoms with E-state index in [9.17, 15) is 0 Å². The standard InChI is InChI=1S/C34H21N7S2/c35-27-30(38-42)32-33(34-31(27)39-43-40-34)37-28(22-10-2-1-3-11-22)29(36-32)23-16-18-24(19-17-23)41-25-12-6-4-8-20(25)14-15-21-9-5-7-13-26(21)41/h1-19,35,42H/b35-27?,38-30+. The topological polar surface area (TPSA) is 91.0 Å². The number of benzene rings is 4. The summed E-state index contributed by atoms with van der Waals surface area (Å²) in [5.74, 6) is 0. The van der Waals surface area contributed by atoms with Crippen LogP contribution in [0.3, 0.4) is 0 Å². The fraction of sp³-hybridized carbons (Fsp3) is 0. The minimum atomic E-state index is 0.140. The van der Waals surface area contributed by atoms with Crippen LogP contribution >= 0.6 is 24.5 Å². The first-order valence-corrected chi connectivity index (χ1v) is 14.7. The molecule has 2 aliphatic rings. The summed E-state index contributed by atoms with van der Waals surface area (Å²) in [6.07, 6.45) is 4.33. The second-order valence-corrected chi connectivity index (χ2v) is 10.8. The smallest absolute Gasteiger partial charge is 0.135 e. The molecular weight excluding hydrogens is 571 g/mol. The van der Waals surface area contributed by atoms with Crippen LogP contribution in [-0.4, -0.2) is 30.1 Å². The van der Waals surface area contributed by atoms with Gasteiger partial charge < -0.3 is 4.90 Å². The van der Waals surface area contributed by atoms with Gasteiger partial charge in [0.05, 0.1) is 34.5 Å². The van der Waals surface area contributed by atoms with E-state index in [1.807, 2.05) is 30.3 Å². The van der Waals surface area contributed by atoms with Gasteiger partial charge in [0.2, 0.25) is 0 Å². The number of thiol groups is 1. The second-order valence-electron chi connectivity index (χ2n) is 10.1. The van der Waals surface area contributed by atoms with Crippen LogP contribution in [0.4, 0.5) is 17.1 Å². The van der Waals surface area contributed by atoms with E-state index in [-0.39, 0.29) is 5.71 Å². The van der Waals surface area contributed by atoms with Gasteiger partial charge in [-0.05, 0) is 48.2 Å². The molecule has 7 nitrogen and oxygen atoms in total. The zero-order chi connectivity index (χ0) is 28.9. The lowest BCUT2D eigenvalue weighted by Gasteiger charge is -2.27. The van der Waals surface area contributed by atoms with Gasteiger partial charge in [-0.2, -0.15) is 8.75 Å². The van der Waals surface area contributed by atoms with Crippen LogP contribution in [0.15, 0.2) is 108 Å². The molecule has 9 heteroatoms. The van der Waals surface area contributed by atoms with Gasteiger partial charge in [-0.3, -0.25) is 5.41 Å². The highest BCUT2D eigenvalue weighted by Crippen LogP contribution is 2.43.